The maximum Gasteiger partial charge on any atom is 0.416 e. The first kappa shape index (κ1) is 26.2. The summed E-state index contributed by atoms with van der Waals surface area (Å²) in [7, 11) is 0. The predicted octanol–water partition coefficient (Wildman–Crippen LogP) is 4.20. The van der Waals surface area contributed by atoms with Gasteiger partial charge in [0.15, 0.2) is 5.96 Å². The van der Waals surface area contributed by atoms with Crippen LogP contribution in [0.2, 0.25) is 0 Å². The minimum atomic E-state index is -4.33. The van der Waals surface area contributed by atoms with Crippen molar-refractivity contribution in [2.24, 2.45) is 4.99 Å². The number of benzene rings is 1. The van der Waals surface area contributed by atoms with E-state index >= 15 is 0 Å². The Hall–Kier alpha value is -2.08. The summed E-state index contributed by atoms with van der Waals surface area (Å²) in [6, 6.07) is 9.07. The second-order valence-electron chi connectivity index (χ2n) is 7.39. The topological polar surface area (TPSA) is 61.8 Å². The maximum atomic E-state index is 12.7. The number of hydrogen-bond donors (Lipinski definition) is 2. The van der Waals surface area contributed by atoms with Crippen LogP contribution in [0.1, 0.15) is 30.5 Å². The van der Waals surface area contributed by atoms with Gasteiger partial charge in [0.25, 0.3) is 0 Å². The molecule has 176 valence electrons. The number of hydrogen-bond acceptors (Lipinski definition) is 4. The number of guanidine groups is 1. The van der Waals surface area contributed by atoms with Crippen LogP contribution in [-0.4, -0.2) is 43.3 Å². The molecule has 1 aromatic carbocycles. The van der Waals surface area contributed by atoms with Crippen LogP contribution in [0.5, 0.6) is 0 Å². The Morgan fingerprint density at radius 2 is 1.94 bits per heavy atom. The van der Waals surface area contributed by atoms with Crippen LogP contribution in [0.3, 0.4) is 0 Å². The number of anilines is 1. The van der Waals surface area contributed by atoms with Crippen LogP contribution in [-0.2, 0) is 24.0 Å². The van der Waals surface area contributed by atoms with E-state index in [1.807, 2.05) is 26.0 Å². The zero-order chi connectivity index (χ0) is 22.3. The highest BCUT2D eigenvalue weighted by Gasteiger charge is 2.29. The molecule has 2 aromatic rings. The van der Waals surface area contributed by atoms with Gasteiger partial charge in [-0.2, -0.15) is 13.2 Å². The molecule has 1 atom stereocenters. The monoisotopic (exact) mass is 563 g/mol. The summed E-state index contributed by atoms with van der Waals surface area (Å²) in [5.74, 6) is 1.51. The summed E-state index contributed by atoms with van der Waals surface area (Å²) in [6.45, 7) is 7.80. The lowest BCUT2D eigenvalue weighted by Gasteiger charge is -2.32. The van der Waals surface area contributed by atoms with E-state index in [-0.39, 0.29) is 30.1 Å². The summed E-state index contributed by atoms with van der Waals surface area (Å²) < 4.78 is 43.7. The highest BCUT2D eigenvalue weighted by molar-refractivity contribution is 14.0. The summed E-state index contributed by atoms with van der Waals surface area (Å²) in [4.78, 5) is 11.3. The largest absolute Gasteiger partial charge is 0.416 e. The molecule has 32 heavy (non-hydrogen) atoms. The lowest BCUT2D eigenvalue weighted by Crippen LogP contribution is -2.41. The van der Waals surface area contributed by atoms with E-state index in [0.717, 1.165) is 42.2 Å². The van der Waals surface area contributed by atoms with Gasteiger partial charge in [-0.15, -0.1) is 24.0 Å². The number of aromatic nitrogens is 1. The lowest BCUT2D eigenvalue weighted by atomic mass is 10.1. The average molecular weight is 563 g/mol. The molecule has 1 aliphatic heterocycles. The van der Waals surface area contributed by atoms with Gasteiger partial charge in [-0.05, 0) is 49.2 Å². The molecule has 6 nitrogen and oxygen atoms in total. The van der Waals surface area contributed by atoms with E-state index < -0.39 is 11.7 Å². The SMILES string of the molecule is CCNC(=NCc1ccnc(N2CCOC(C)C2)c1)NCc1ccc(C(F)(F)F)cc1.I. The molecule has 1 aromatic heterocycles. The molecule has 0 amide bonds. The second-order valence-corrected chi connectivity index (χ2v) is 7.39. The van der Waals surface area contributed by atoms with Gasteiger partial charge in [-0.25, -0.2) is 9.98 Å². The Balaban J connectivity index is 0.00000363. The van der Waals surface area contributed by atoms with E-state index in [1.165, 1.54) is 12.1 Å². The summed E-state index contributed by atoms with van der Waals surface area (Å²) in [6.07, 6.45) is -2.37. The fourth-order valence-corrected chi connectivity index (χ4v) is 3.27. The van der Waals surface area contributed by atoms with Crippen molar-refractivity contribution in [2.75, 3.05) is 31.1 Å². The molecule has 1 saturated heterocycles. The number of halogens is 4. The minimum Gasteiger partial charge on any atom is -0.375 e. The number of nitrogens with zero attached hydrogens (tertiary/aromatic N) is 3. The third-order valence-electron chi connectivity index (χ3n) is 4.88. The van der Waals surface area contributed by atoms with Crippen molar-refractivity contribution in [1.29, 1.82) is 0 Å². The van der Waals surface area contributed by atoms with Gasteiger partial charge in [0.05, 0.1) is 24.8 Å². The fraction of sp³-hybridized carbons (Fsp3) is 0.455. The minimum absolute atomic E-state index is 0. The first-order valence-corrected chi connectivity index (χ1v) is 10.3. The Bertz CT molecular complexity index is 877. The molecule has 1 aliphatic rings. The Morgan fingerprint density at radius 3 is 2.59 bits per heavy atom. The van der Waals surface area contributed by atoms with Crippen molar-refractivity contribution in [1.82, 2.24) is 15.6 Å². The van der Waals surface area contributed by atoms with Crippen molar-refractivity contribution >= 4 is 35.8 Å². The average Bonchev–Trinajstić information content (AvgIpc) is 2.75. The smallest absolute Gasteiger partial charge is 0.375 e. The Kier molecular flexibility index (Phi) is 10.0. The number of morpholine rings is 1. The van der Waals surface area contributed by atoms with E-state index in [2.05, 4.69) is 25.5 Å². The van der Waals surface area contributed by atoms with Crippen molar-refractivity contribution < 1.29 is 17.9 Å². The molecule has 3 rings (SSSR count). The van der Waals surface area contributed by atoms with Crippen LogP contribution in [0.25, 0.3) is 0 Å². The fourth-order valence-electron chi connectivity index (χ4n) is 3.27. The maximum absolute atomic E-state index is 12.7. The quantitative estimate of drug-likeness (QED) is 0.314. The zero-order valence-corrected chi connectivity index (χ0v) is 20.5. The van der Waals surface area contributed by atoms with Crippen LogP contribution in [0, 0.1) is 0 Å². The highest BCUT2D eigenvalue weighted by atomic mass is 127. The highest BCUT2D eigenvalue weighted by Crippen LogP contribution is 2.29. The van der Waals surface area contributed by atoms with Gasteiger partial charge >= 0.3 is 6.18 Å². The van der Waals surface area contributed by atoms with Crippen LogP contribution < -0.4 is 15.5 Å². The number of rotatable bonds is 6. The van der Waals surface area contributed by atoms with E-state index in [9.17, 15) is 13.2 Å². The third kappa shape index (κ3) is 7.80. The number of alkyl halides is 3. The standard InChI is InChI=1S/C22H28F3N5O.HI/c1-3-26-21(28-13-17-4-6-19(7-5-17)22(23,24)25)29-14-18-8-9-27-20(12-18)30-10-11-31-16(2)15-30;/h4-9,12,16H,3,10-11,13-15H2,1-2H3,(H2,26,28,29);1H. The Morgan fingerprint density at radius 1 is 1.19 bits per heavy atom. The van der Waals surface area contributed by atoms with Gasteiger partial charge in [-0.3, -0.25) is 0 Å². The molecule has 2 N–H and O–H groups in total. The lowest BCUT2D eigenvalue weighted by molar-refractivity contribution is -0.137. The number of ether oxygens (including phenoxy) is 1. The predicted molar refractivity (Wildman–Crippen MR) is 130 cm³/mol. The molecular formula is C22H29F3IN5O. The van der Waals surface area contributed by atoms with Crippen molar-refractivity contribution in [3.05, 3.63) is 59.3 Å². The van der Waals surface area contributed by atoms with Gasteiger partial charge < -0.3 is 20.3 Å². The first-order chi connectivity index (χ1) is 14.8. The summed E-state index contributed by atoms with van der Waals surface area (Å²) in [5, 5.41) is 6.32. The van der Waals surface area contributed by atoms with Gasteiger partial charge in [-0.1, -0.05) is 12.1 Å². The van der Waals surface area contributed by atoms with E-state index in [1.54, 1.807) is 6.20 Å². The van der Waals surface area contributed by atoms with Crippen molar-refractivity contribution in [3.63, 3.8) is 0 Å². The van der Waals surface area contributed by atoms with Crippen LogP contribution in [0.4, 0.5) is 19.0 Å². The van der Waals surface area contributed by atoms with Crippen molar-refractivity contribution in [3.8, 4) is 0 Å². The Labute approximate surface area is 203 Å². The normalized spacial score (nSPS) is 17.0. The zero-order valence-electron chi connectivity index (χ0n) is 18.2. The molecule has 10 heteroatoms. The molecule has 1 unspecified atom stereocenters. The summed E-state index contributed by atoms with van der Waals surface area (Å²) in [5.41, 5.74) is 1.11. The van der Waals surface area contributed by atoms with E-state index in [4.69, 9.17) is 4.74 Å². The molecule has 2 heterocycles. The summed E-state index contributed by atoms with van der Waals surface area (Å²) >= 11 is 0. The molecule has 0 bridgehead atoms. The third-order valence-corrected chi connectivity index (χ3v) is 4.88. The van der Waals surface area contributed by atoms with Crippen LogP contribution >= 0.6 is 24.0 Å². The molecule has 0 radical (unpaired) electrons. The molecule has 0 saturated carbocycles. The number of nitrogens with one attached hydrogen (secondary N) is 2. The number of aliphatic imine (C=N–C) groups is 1. The number of pyridine rings is 1. The van der Waals surface area contributed by atoms with Gasteiger partial charge in [0.2, 0.25) is 0 Å². The molecular weight excluding hydrogens is 534 g/mol. The first-order valence-electron chi connectivity index (χ1n) is 10.3. The van der Waals surface area contributed by atoms with Gasteiger partial charge in [0.1, 0.15) is 5.82 Å². The molecule has 0 spiro atoms. The van der Waals surface area contributed by atoms with Gasteiger partial charge in [0, 0.05) is 32.4 Å². The van der Waals surface area contributed by atoms with Crippen molar-refractivity contribution in [2.45, 2.75) is 39.2 Å². The molecule has 0 aliphatic carbocycles. The molecule has 1 fully saturated rings. The second kappa shape index (κ2) is 12.2. The van der Waals surface area contributed by atoms with E-state index in [0.29, 0.717) is 32.2 Å². The van der Waals surface area contributed by atoms with Crippen LogP contribution in [0.15, 0.2) is 47.6 Å².